The number of ether oxygens (including phenoxy) is 1. The number of aryl methyl sites for hydroxylation is 1. The van der Waals surface area contributed by atoms with Crippen LogP contribution in [0.2, 0.25) is 0 Å². The van der Waals surface area contributed by atoms with Crippen LogP contribution in [0.5, 0.6) is 5.75 Å². The maximum Gasteiger partial charge on any atom is 0.124 e. The van der Waals surface area contributed by atoms with Gasteiger partial charge in [-0.1, -0.05) is 24.6 Å². The first-order chi connectivity index (χ1) is 8.47. The third kappa shape index (κ3) is 1.66. The lowest BCUT2D eigenvalue weighted by molar-refractivity contribution is -0.0125. The second-order valence-electron chi connectivity index (χ2n) is 6.48. The van der Waals surface area contributed by atoms with Crippen LogP contribution in [0.3, 0.4) is 0 Å². The molecule has 0 spiro atoms. The van der Waals surface area contributed by atoms with Gasteiger partial charge in [0.25, 0.3) is 0 Å². The molecular weight excluding hydrogens is 222 g/mol. The summed E-state index contributed by atoms with van der Waals surface area (Å²) < 4.78 is 6.39. The van der Waals surface area contributed by atoms with Crippen molar-refractivity contribution in [1.82, 2.24) is 5.32 Å². The molecule has 2 nitrogen and oxygen atoms in total. The van der Waals surface area contributed by atoms with Crippen LogP contribution in [0.1, 0.15) is 50.3 Å². The molecule has 1 aromatic carbocycles. The van der Waals surface area contributed by atoms with Crippen molar-refractivity contribution in [1.29, 1.82) is 0 Å². The third-order valence-corrected chi connectivity index (χ3v) is 5.09. The van der Waals surface area contributed by atoms with E-state index < -0.39 is 0 Å². The standard InChI is InChI=1S/C16H23NO/c1-11-5-6-14-12(9-11)13(17-4)10-16(3,18-14)15(2)7-8-15/h5-6,9,13,17H,7-8,10H2,1-4H3. The first kappa shape index (κ1) is 12.0. The second-order valence-corrected chi connectivity index (χ2v) is 6.48. The van der Waals surface area contributed by atoms with Gasteiger partial charge in [-0.05, 0) is 39.8 Å². The molecule has 1 N–H and O–H groups in total. The van der Waals surface area contributed by atoms with Crippen molar-refractivity contribution in [3.8, 4) is 5.75 Å². The van der Waals surface area contributed by atoms with E-state index in [2.05, 4.69) is 51.3 Å². The van der Waals surface area contributed by atoms with Crippen LogP contribution in [0, 0.1) is 12.3 Å². The number of rotatable bonds is 2. The van der Waals surface area contributed by atoms with Gasteiger partial charge in [-0.2, -0.15) is 0 Å². The highest BCUT2D eigenvalue weighted by atomic mass is 16.5. The Labute approximate surface area is 110 Å². The lowest BCUT2D eigenvalue weighted by atomic mass is 9.78. The van der Waals surface area contributed by atoms with Crippen LogP contribution in [0.25, 0.3) is 0 Å². The topological polar surface area (TPSA) is 21.3 Å². The van der Waals surface area contributed by atoms with Crippen LogP contribution in [0.4, 0.5) is 0 Å². The van der Waals surface area contributed by atoms with Crippen molar-refractivity contribution in [2.45, 2.75) is 51.7 Å². The molecule has 0 saturated heterocycles. The largest absolute Gasteiger partial charge is 0.487 e. The number of fused-ring (bicyclic) bond motifs is 1. The van der Waals surface area contributed by atoms with Gasteiger partial charge in [0.1, 0.15) is 11.4 Å². The van der Waals surface area contributed by atoms with Crippen molar-refractivity contribution in [3.63, 3.8) is 0 Å². The lowest BCUT2D eigenvalue weighted by Gasteiger charge is -2.44. The van der Waals surface area contributed by atoms with E-state index in [1.165, 1.54) is 24.0 Å². The maximum absolute atomic E-state index is 6.39. The number of hydrogen-bond acceptors (Lipinski definition) is 2. The van der Waals surface area contributed by atoms with Crippen molar-refractivity contribution in [3.05, 3.63) is 29.3 Å². The van der Waals surface area contributed by atoms with Crippen molar-refractivity contribution in [2.24, 2.45) is 5.41 Å². The zero-order chi connectivity index (χ0) is 13.0. The summed E-state index contributed by atoms with van der Waals surface area (Å²) in [5, 5.41) is 3.46. The summed E-state index contributed by atoms with van der Waals surface area (Å²) in [6.07, 6.45) is 3.65. The van der Waals surface area contributed by atoms with Crippen LogP contribution in [-0.4, -0.2) is 12.6 Å². The molecule has 0 bridgehead atoms. The normalized spacial score (nSPS) is 32.6. The summed E-state index contributed by atoms with van der Waals surface area (Å²) in [4.78, 5) is 0. The SMILES string of the molecule is CNC1CC(C)(C2(C)CC2)Oc2ccc(C)cc21. The fourth-order valence-electron chi connectivity index (χ4n) is 3.16. The monoisotopic (exact) mass is 245 g/mol. The van der Waals surface area contributed by atoms with Gasteiger partial charge in [0.15, 0.2) is 0 Å². The molecule has 0 amide bonds. The smallest absolute Gasteiger partial charge is 0.124 e. The minimum Gasteiger partial charge on any atom is -0.487 e. The fraction of sp³-hybridized carbons (Fsp3) is 0.625. The summed E-state index contributed by atoms with van der Waals surface area (Å²) in [7, 11) is 2.05. The fourth-order valence-corrected chi connectivity index (χ4v) is 3.16. The van der Waals surface area contributed by atoms with Gasteiger partial charge in [-0.25, -0.2) is 0 Å². The van der Waals surface area contributed by atoms with Crippen LogP contribution in [0.15, 0.2) is 18.2 Å². The molecule has 1 aliphatic heterocycles. The molecule has 98 valence electrons. The summed E-state index contributed by atoms with van der Waals surface area (Å²) >= 11 is 0. The Hall–Kier alpha value is -1.02. The Kier molecular flexibility index (Phi) is 2.50. The van der Waals surface area contributed by atoms with Gasteiger partial charge in [0.05, 0.1) is 0 Å². The molecule has 0 radical (unpaired) electrons. The summed E-state index contributed by atoms with van der Waals surface area (Å²) in [5.41, 5.74) is 2.96. The Morgan fingerprint density at radius 1 is 1.28 bits per heavy atom. The Morgan fingerprint density at radius 3 is 2.61 bits per heavy atom. The molecule has 0 aromatic heterocycles. The van der Waals surface area contributed by atoms with Crippen LogP contribution < -0.4 is 10.1 Å². The van der Waals surface area contributed by atoms with E-state index in [4.69, 9.17) is 4.74 Å². The Bertz CT molecular complexity index is 478. The van der Waals surface area contributed by atoms with Gasteiger partial charge in [0, 0.05) is 23.4 Å². The minimum absolute atomic E-state index is 0.0249. The average Bonchev–Trinajstić information content (AvgIpc) is 3.09. The number of hydrogen-bond donors (Lipinski definition) is 1. The van der Waals surface area contributed by atoms with E-state index in [1.807, 2.05) is 0 Å². The predicted octanol–water partition coefficient (Wildman–Crippen LogP) is 3.60. The Morgan fingerprint density at radius 2 is 2.00 bits per heavy atom. The van der Waals surface area contributed by atoms with E-state index in [-0.39, 0.29) is 5.60 Å². The maximum atomic E-state index is 6.39. The highest BCUT2D eigenvalue weighted by Crippen LogP contribution is 2.59. The van der Waals surface area contributed by atoms with Gasteiger partial charge in [-0.15, -0.1) is 0 Å². The van der Waals surface area contributed by atoms with Crippen LogP contribution in [-0.2, 0) is 0 Å². The molecule has 2 unspecified atom stereocenters. The lowest BCUT2D eigenvalue weighted by Crippen LogP contribution is -2.47. The zero-order valence-electron chi connectivity index (χ0n) is 11.8. The minimum atomic E-state index is -0.0249. The van der Waals surface area contributed by atoms with Gasteiger partial charge in [0.2, 0.25) is 0 Å². The first-order valence-electron chi connectivity index (χ1n) is 6.94. The molecule has 2 heteroatoms. The number of benzene rings is 1. The second kappa shape index (κ2) is 3.74. The first-order valence-corrected chi connectivity index (χ1v) is 6.94. The molecule has 1 aliphatic carbocycles. The van der Waals surface area contributed by atoms with Crippen molar-refractivity contribution < 1.29 is 4.74 Å². The summed E-state index contributed by atoms with van der Waals surface area (Å²) in [6.45, 7) is 6.79. The van der Waals surface area contributed by atoms with Gasteiger partial charge >= 0.3 is 0 Å². The van der Waals surface area contributed by atoms with Gasteiger partial charge < -0.3 is 10.1 Å². The zero-order valence-corrected chi connectivity index (χ0v) is 11.8. The average molecular weight is 245 g/mol. The summed E-state index contributed by atoms with van der Waals surface area (Å²) in [5.74, 6) is 1.07. The molecule has 1 aromatic rings. The predicted molar refractivity (Wildman–Crippen MR) is 74.0 cm³/mol. The van der Waals surface area contributed by atoms with Crippen molar-refractivity contribution >= 4 is 0 Å². The van der Waals surface area contributed by atoms with E-state index in [9.17, 15) is 0 Å². The van der Waals surface area contributed by atoms with Crippen LogP contribution >= 0.6 is 0 Å². The molecule has 18 heavy (non-hydrogen) atoms. The Balaban J connectivity index is 2.02. The van der Waals surface area contributed by atoms with E-state index >= 15 is 0 Å². The van der Waals surface area contributed by atoms with Crippen molar-refractivity contribution in [2.75, 3.05) is 7.05 Å². The quantitative estimate of drug-likeness (QED) is 0.859. The third-order valence-electron chi connectivity index (χ3n) is 5.09. The highest BCUT2D eigenvalue weighted by Gasteiger charge is 2.57. The molecule has 1 saturated carbocycles. The molecule has 3 rings (SSSR count). The molecule has 1 fully saturated rings. The van der Waals surface area contributed by atoms with E-state index in [1.54, 1.807) is 0 Å². The molecule has 2 aliphatic rings. The highest BCUT2D eigenvalue weighted by molar-refractivity contribution is 5.42. The van der Waals surface area contributed by atoms with E-state index in [0.29, 0.717) is 11.5 Å². The van der Waals surface area contributed by atoms with E-state index in [0.717, 1.165) is 12.2 Å². The number of nitrogens with one attached hydrogen (secondary N) is 1. The summed E-state index contributed by atoms with van der Waals surface area (Å²) in [6, 6.07) is 6.95. The van der Waals surface area contributed by atoms with Gasteiger partial charge in [-0.3, -0.25) is 0 Å². The molecule has 2 atom stereocenters. The molecular formula is C16H23NO. The molecule has 1 heterocycles.